The summed E-state index contributed by atoms with van der Waals surface area (Å²) in [6.45, 7) is -2.17. The number of nitrogens with two attached hydrogens (primary N) is 1. The molecule has 0 saturated heterocycles. The van der Waals surface area contributed by atoms with Gasteiger partial charge in [-0.15, -0.1) is 0 Å². The first kappa shape index (κ1) is 38.6. The van der Waals surface area contributed by atoms with Crippen LogP contribution in [-0.2, 0) is 10.0 Å². The Morgan fingerprint density at radius 1 is 0.575 bits per heavy atom. The van der Waals surface area contributed by atoms with Crippen LogP contribution in [0.3, 0.4) is 0 Å². The maximum atomic E-state index is 14.3. The van der Waals surface area contributed by atoms with Crippen molar-refractivity contribution in [2.75, 3.05) is 45.8 Å². The highest BCUT2D eigenvalue weighted by atomic mass is 32.2. The van der Waals surface area contributed by atoms with Gasteiger partial charge in [0.15, 0.2) is 0 Å². The Hall–Kier alpha value is -1.40. The fraction of sp³-hybridized carbons (Fsp3) is 1.00. The van der Waals surface area contributed by atoms with Gasteiger partial charge in [0.25, 0.3) is 10.0 Å². The van der Waals surface area contributed by atoms with Crippen LogP contribution in [0.4, 0.5) is 74.6 Å². The van der Waals surface area contributed by atoms with Crippen LogP contribution in [0, 0.1) is 0 Å². The predicted molar refractivity (Wildman–Crippen MR) is 102 cm³/mol. The molecular formula is C16H21F17N4O2S. The summed E-state index contributed by atoms with van der Waals surface area (Å²) >= 11 is 0. The van der Waals surface area contributed by atoms with Crippen molar-refractivity contribution in [2.24, 2.45) is 5.73 Å². The standard InChI is InChI=1S/C16H21F17N4O2S/c1-2-37(8-7-36-6-5-35-4-3-34)40(38,39)16(32,33)14(27,28)12(23,24)10(19,20)9(17,18)11(21,22)13(25,26)15(29,30)31/h35-36H,2-8,34H2,1H3. The van der Waals surface area contributed by atoms with E-state index in [0.29, 0.717) is 6.92 Å². The molecule has 242 valence electrons. The molecular weight excluding hydrogens is 635 g/mol. The molecule has 0 radical (unpaired) electrons. The van der Waals surface area contributed by atoms with Gasteiger partial charge >= 0.3 is 47.0 Å². The molecule has 0 bridgehead atoms. The quantitative estimate of drug-likeness (QED) is 0.164. The zero-order valence-corrected chi connectivity index (χ0v) is 20.4. The van der Waals surface area contributed by atoms with Crippen molar-refractivity contribution < 1.29 is 83.1 Å². The molecule has 0 rings (SSSR count). The Balaban J connectivity index is 6.45. The average Bonchev–Trinajstić information content (AvgIpc) is 2.78. The Morgan fingerprint density at radius 3 is 1.27 bits per heavy atom. The second kappa shape index (κ2) is 12.1. The zero-order valence-electron chi connectivity index (χ0n) is 19.6. The number of hydrogen-bond acceptors (Lipinski definition) is 5. The van der Waals surface area contributed by atoms with Gasteiger partial charge in [-0.3, -0.25) is 0 Å². The van der Waals surface area contributed by atoms with Gasteiger partial charge in [0, 0.05) is 45.8 Å². The second-order valence-corrected chi connectivity index (χ2v) is 9.73. The van der Waals surface area contributed by atoms with Gasteiger partial charge in [-0.25, -0.2) is 8.42 Å². The van der Waals surface area contributed by atoms with Crippen LogP contribution in [-0.4, -0.2) is 106 Å². The maximum Gasteiger partial charge on any atom is 0.460 e. The normalized spacial score (nSPS) is 15.7. The van der Waals surface area contributed by atoms with E-state index in [9.17, 15) is 83.1 Å². The first-order chi connectivity index (χ1) is 17.5. The minimum absolute atomic E-state index is 0.0691. The minimum Gasteiger partial charge on any atom is -0.329 e. The topological polar surface area (TPSA) is 87.5 Å². The largest absolute Gasteiger partial charge is 0.460 e. The first-order valence-electron chi connectivity index (χ1n) is 10.3. The lowest BCUT2D eigenvalue weighted by molar-refractivity contribution is -0.458. The van der Waals surface area contributed by atoms with Crippen LogP contribution in [0.15, 0.2) is 0 Å². The van der Waals surface area contributed by atoms with E-state index >= 15 is 0 Å². The Bertz CT molecular complexity index is 940. The maximum absolute atomic E-state index is 14.3. The Kier molecular flexibility index (Phi) is 11.6. The van der Waals surface area contributed by atoms with Crippen LogP contribution < -0.4 is 16.4 Å². The van der Waals surface area contributed by atoms with E-state index < -0.39 is 80.9 Å². The summed E-state index contributed by atoms with van der Waals surface area (Å²) < 4.78 is 251. The summed E-state index contributed by atoms with van der Waals surface area (Å²) in [5, 5.41) is -2.55. The average molecular weight is 656 g/mol. The van der Waals surface area contributed by atoms with Crippen LogP contribution in [0.25, 0.3) is 0 Å². The van der Waals surface area contributed by atoms with Crippen LogP contribution in [0.2, 0.25) is 0 Å². The van der Waals surface area contributed by atoms with Crippen molar-refractivity contribution in [1.82, 2.24) is 14.9 Å². The van der Waals surface area contributed by atoms with E-state index in [4.69, 9.17) is 5.73 Å². The number of rotatable bonds is 17. The van der Waals surface area contributed by atoms with Gasteiger partial charge < -0.3 is 16.4 Å². The Morgan fingerprint density at radius 2 is 0.925 bits per heavy atom. The van der Waals surface area contributed by atoms with Crippen molar-refractivity contribution in [3.8, 4) is 0 Å². The minimum atomic E-state index is -8.85. The molecule has 0 aromatic heterocycles. The molecule has 0 aliphatic heterocycles. The number of halogens is 17. The molecule has 40 heavy (non-hydrogen) atoms. The van der Waals surface area contributed by atoms with Crippen LogP contribution in [0.5, 0.6) is 0 Å². The van der Waals surface area contributed by atoms with Crippen molar-refractivity contribution in [3.05, 3.63) is 0 Å². The molecule has 0 saturated carbocycles. The number of nitrogens with one attached hydrogen (secondary N) is 2. The molecule has 0 aliphatic carbocycles. The van der Waals surface area contributed by atoms with Gasteiger partial charge in [-0.05, 0) is 0 Å². The highest BCUT2D eigenvalue weighted by molar-refractivity contribution is 7.90. The highest BCUT2D eigenvalue weighted by Gasteiger charge is 2.96. The molecule has 0 aromatic carbocycles. The molecule has 24 heteroatoms. The molecule has 4 N–H and O–H groups in total. The number of nitrogens with zero attached hydrogens (tertiary/aromatic N) is 1. The fourth-order valence-corrected chi connectivity index (χ4v) is 4.10. The second-order valence-electron chi connectivity index (χ2n) is 7.75. The third-order valence-corrected chi connectivity index (χ3v) is 7.07. The number of hydrogen-bond donors (Lipinski definition) is 3. The summed E-state index contributed by atoms with van der Waals surface area (Å²) in [5.74, 6) is -51.7. The highest BCUT2D eigenvalue weighted by Crippen LogP contribution is 2.64. The third kappa shape index (κ3) is 6.04. The first-order valence-corrected chi connectivity index (χ1v) is 11.8. The van der Waals surface area contributed by atoms with Crippen LogP contribution >= 0.6 is 0 Å². The van der Waals surface area contributed by atoms with E-state index in [1.165, 1.54) is 0 Å². The summed E-state index contributed by atoms with van der Waals surface area (Å²) in [6, 6.07) is 0. The number of sulfonamides is 1. The molecule has 0 aromatic rings. The predicted octanol–water partition coefficient (Wildman–Crippen LogP) is 3.74. The summed E-state index contributed by atoms with van der Waals surface area (Å²) in [6.07, 6.45) is -7.88. The molecule has 0 fully saturated rings. The van der Waals surface area contributed by atoms with Gasteiger partial charge in [-0.2, -0.15) is 78.9 Å². The molecule has 0 spiro atoms. The van der Waals surface area contributed by atoms with E-state index in [1.807, 2.05) is 0 Å². The summed E-state index contributed by atoms with van der Waals surface area (Å²) in [4.78, 5) is 0. The molecule has 6 nitrogen and oxygen atoms in total. The monoisotopic (exact) mass is 656 g/mol. The summed E-state index contributed by atoms with van der Waals surface area (Å²) in [5.41, 5.74) is 5.14. The molecule has 0 unspecified atom stereocenters. The zero-order chi connectivity index (χ0) is 32.4. The molecule has 0 amide bonds. The van der Waals surface area contributed by atoms with Crippen molar-refractivity contribution in [2.45, 2.75) is 53.9 Å². The molecule has 0 atom stereocenters. The van der Waals surface area contributed by atoms with Crippen LogP contribution in [0.1, 0.15) is 6.92 Å². The number of likely N-dealkylation sites (N-methyl/N-ethyl adjacent to an activating group) is 1. The summed E-state index contributed by atoms with van der Waals surface area (Å²) in [7, 11) is -7.28. The fourth-order valence-electron chi connectivity index (χ4n) is 2.65. The molecule has 0 heterocycles. The SMILES string of the molecule is CCN(CCNCCNCCN)S(=O)(=O)C(F)(F)C(F)(F)C(F)(F)C(F)(F)C(F)(F)C(F)(F)C(F)(F)C(F)(F)F. The van der Waals surface area contributed by atoms with E-state index in [2.05, 4.69) is 10.6 Å². The van der Waals surface area contributed by atoms with Gasteiger partial charge in [-0.1, -0.05) is 6.92 Å². The van der Waals surface area contributed by atoms with E-state index in [-0.39, 0.29) is 26.2 Å². The van der Waals surface area contributed by atoms with E-state index in [0.717, 1.165) is 0 Å². The number of alkyl halides is 17. The van der Waals surface area contributed by atoms with Crippen molar-refractivity contribution >= 4 is 10.0 Å². The van der Waals surface area contributed by atoms with Gasteiger partial charge in [0.05, 0.1) is 0 Å². The smallest absolute Gasteiger partial charge is 0.329 e. The van der Waals surface area contributed by atoms with Crippen molar-refractivity contribution in [1.29, 1.82) is 0 Å². The van der Waals surface area contributed by atoms with Gasteiger partial charge in [0.2, 0.25) is 0 Å². The van der Waals surface area contributed by atoms with E-state index in [1.54, 1.807) is 0 Å². The Labute approximate surface area is 214 Å². The molecule has 0 aliphatic rings. The lowest BCUT2D eigenvalue weighted by Crippen LogP contribution is -2.75. The van der Waals surface area contributed by atoms with Crippen molar-refractivity contribution in [3.63, 3.8) is 0 Å². The van der Waals surface area contributed by atoms with Gasteiger partial charge in [0.1, 0.15) is 0 Å². The lowest BCUT2D eigenvalue weighted by atomic mass is 9.91. The lowest BCUT2D eigenvalue weighted by Gasteiger charge is -2.43. The third-order valence-electron chi connectivity index (χ3n) is 5.05.